The Balaban J connectivity index is 1.24. The highest BCUT2D eigenvalue weighted by Crippen LogP contribution is 2.18. The lowest BCUT2D eigenvalue weighted by Gasteiger charge is -2.32. The van der Waals surface area contributed by atoms with Crippen molar-refractivity contribution >= 4 is 16.5 Å². The van der Waals surface area contributed by atoms with E-state index in [0.29, 0.717) is 17.1 Å². The molecule has 6 nitrogen and oxygen atoms in total. The zero-order valence-electron chi connectivity index (χ0n) is 16.7. The molecule has 1 aromatic carbocycles. The van der Waals surface area contributed by atoms with Crippen LogP contribution in [0.1, 0.15) is 30.7 Å². The Morgan fingerprint density at radius 3 is 2.83 bits per heavy atom. The largest absolute Gasteiger partial charge is 0.381 e. The number of aryl methyl sites for hydroxylation is 1. The van der Waals surface area contributed by atoms with Gasteiger partial charge in [0, 0.05) is 24.8 Å². The minimum absolute atomic E-state index is 0.133. The topological polar surface area (TPSA) is 84.8 Å². The van der Waals surface area contributed by atoms with E-state index in [4.69, 9.17) is 5.26 Å². The molecule has 0 unspecified atom stereocenters. The highest BCUT2D eigenvalue weighted by atomic mass is 19.1. The van der Waals surface area contributed by atoms with Crippen LogP contribution in [-0.2, 0) is 6.42 Å². The predicted octanol–water partition coefficient (Wildman–Crippen LogP) is 3.44. The Morgan fingerprint density at radius 1 is 1.27 bits per heavy atom. The van der Waals surface area contributed by atoms with Crippen molar-refractivity contribution in [3.63, 3.8) is 0 Å². The molecule has 0 atom stereocenters. The summed E-state index contributed by atoms with van der Waals surface area (Å²) >= 11 is 0. The van der Waals surface area contributed by atoms with Crippen LogP contribution >= 0.6 is 0 Å². The second-order valence-electron chi connectivity index (χ2n) is 7.74. The molecule has 0 bridgehead atoms. The second-order valence-corrected chi connectivity index (χ2v) is 7.74. The Kier molecular flexibility index (Phi) is 6.05. The van der Waals surface area contributed by atoms with Crippen molar-refractivity contribution in [2.45, 2.75) is 31.7 Å². The molecule has 0 spiro atoms. The fraction of sp³-hybridized carbons (Fsp3) is 0.348. The van der Waals surface area contributed by atoms with Gasteiger partial charge in [0.15, 0.2) is 0 Å². The van der Waals surface area contributed by atoms with E-state index < -0.39 is 5.82 Å². The van der Waals surface area contributed by atoms with Crippen LogP contribution in [-0.4, -0.2) is 40.5 Å². The monoisotopic (exact) mass is 405 g/mol. The summed E-state index contributed by atoms with van der Waals surface area (Å²) in [5.74, 6) is -0.478. The summed E-state index contributed by atoms with van der Waals surface area (Å²) in [6, 6.07) is 12.7. The lowest BCUT2D eigenvalue weighted by Crippen LogP contribution is -2.39. The molecule has 2 N–H and O–H groups in total. The maximum absolute atomic E-state index is 13.8. The number of benzene rings is 1. The first kappa shape index (κ1) is 20.0. The summed E-state index contributed by atoms with van der Waals surface area (Å²) in [4.78, 5) is 21.5. The fourth-order valence-corrected chi connectivity index (χ4v) is 4.04. The number of anilines is 1. The lowest BCUT2D eigenvalue weighted by atomic mass is 10.0. The van der Waals surface area contributed by atoms with Crippen LogP contribution in [0.3, 0.4) is 0 Å². The van der Waals surface area contributed by atoms with Crippen molar-refractivity contribution in [3.05, 3.63) is 70.2 Å². The van der Waals surface area contributed by atoms with Gasteiger partial charge in [-0.15, -0.1) is 0 Å². The van der Waals surface area contributed by atoms with Crippen molar-refractivity contribution in [1.29, 1.82) is 5.26 Å². The van der Waals surface area contributed by atoms with E-state index >= 15 is 0 Å². The maximum Gasteiger partial charge on any atom is 0.258 e. The van der Waals surface area contributed by atoms with Crippen LogP contribution < -0.4 is 10.9 Å². The number of aromatic nitrogens is 2. The molecule has 154 valence electrons. The van der Waals surface area contributed by atoms with Gasteiger partial charge in [0.2, 0.25) is 0 Å². The molecule has 1 aliphatic heterocycles. The van der Waals surface area contributed by atoms with Gasteiger partial charge in [0.05, 0.1) is 17.3 Å². The van der Waals surface area contributed by atoms with Crippen LogP contribution in [0.2, 0.25) is 0 Å². The Morgan fingerprint density at radius 2 is 2.10 bits per heavy atom. The van der Waals surface area contributed by atoms with Gasteiger partial charge in [-0.1, -0.05) is 12.1 Å². The van der Waals surface area contributed by atoms with Crippen LogP contribution in [0.25, 0.3) is 10.8 Å². The SMILES string of the molecule is N#Cc1ccc(NC2CCN(CCCc3cc4cccc(F)c4c(=O)[nH]3)CC2)cn1. The predicted molar refractivity (Wildman–Crippen MR) is 115 cm³/mol. The van der Waals surface area contributed by atoms with Crippen LogP contribution in [0.15, 0.2) is 47.4 Å². The number of halogens is 1. The molecule has 0 radical (unpaired) electrons. The van der Waals surface area contributed by atoms with Crippen molar-refractivity contribution < 1.29 is 4.39 Å². The average Bonchev–Trinajstić information content (AvgIpc) is 2.75. The Bertz CT molecular complexity index is 1110. The number of hydrogen-bond donors (Lipinski definition) is 2. The summed E-state index contributed by atoms with van der Waals surface area (Å²) < 4.78 is 13.8. The average molecular weight is 405 g/mol. The van der Waals surface area contributed by atoms with Gasteiger partial charge in [-0.05, 0) is 61.9 Å². The van der Waals surface area contributed by atoms with Gasteiger partial charge in [-0.3, -0.25) is 4.79 Å². The van der Waals surface area contributed by atoms with Gasteiger partial charge >= 0.3 is 0 Å². The van der Waals surface area contributed by atoms with E-state index in [9.17, 15) is 9.18 Å². The second kappa shape index (κ2) is 9.06. The summed E-state index contributed by atoms with van der Waals surface area (Å²) in [5.41, 5.74) is 1.87. The number of nitrogens with zero attached hydrogens (tertiary/aromatic N) is 3. The van der Waals surface area contributed by atoms with E-state index in [2.05, 4.69) is 20.2 Å². The molecule has 3 aromatic rings. The molecule has 4 rings (SSSR count). The maximum atomic E-state index is 13.8. The minimum Gasteiger partial charge on any atom is -0.381 e. The number of fused-ring (bicyclic) bond motifs is 1. The molecule has 30 heavy (non-hydrogen) atoms. The third kappa shape index (κ3) is 4.66. The number of aromatic amines is 1. The zero-order valence-corrected chi connectivity index (χ0v) is 16.7. The molecule has 0 aliphatic carbocycles. The lowest BCUT2D eigenvalue weighted by molar-refractivity contribution is 0.217. The molecule has 0 saturated carbocycles. The first-order chi connectivity index (χ1) is 14.6. The minimum atomic E-state index is -0.478. The fourth-order valence-electron chi connectivity index (χ4n) is 4.04. The van der Waals surface area contributed by atoms with E-state index in [1.54, 1.807) is 24.4 Å². The molecule has 1 saturated heterocycles. The molecule has 3 heterocycles. The molecule has 7 heteroatoms. The Hall–Kier alpha value is -3.24. The van der Waals surface area contributed by atoms with Crippen molar-refractivity contribution in [1.82, 2.24) is 14.9 Å². The number of nitriles is 1. The van der Waals surface area contributed by atoms with Crippen molar-refractivity contribution in [2.24, 2.45) is 0 Å². The Labute approximate surface area is 174 Å². The number of piperidine rings is 1. The van der Waals surface area contributed by atoms with Crippen molar-refractivity contribution in [2.75, 3.05) is 25.0 Å². The highest BCUT2D eigenvalue weighted by molar-refractivity contribution is 5.82. The number of rotatable bonds is 6. The van der Waals surface area contributed by atoms with E-state index in [1.807, 2.05) is 18.2 Å². The molecule has 2 aromatic heterocycles. The summed E-state index contributed by atoms with van der Waals surface area (Å²) in [5, 5.41) is 13.1. The van der Waals surface area contributed by atoms with E-state index in [-0.39, 0.29) is 10.9 Å². The molecular weight excluding hydrogens is 381 g/mol. The van der Waals surface area contributed by atoms with Crippen LogP contribution in [0.5, 0.6) is 0 Å². The molecular formula is C23H24FN5O. The number of hydrogen-bond acceptors (Lipinski definition) is 5. The van der Waals surface area contributed by atoms with E-state index in [1.165, 1.54) is 6.07 Å². The molecule has 1 aliphatic rings. The third-order valence-electron chi connectivity index (χ3n) is 5.63. The zero-order chi connectivity index (χ0) is 20.9. The third-order valence-corrected chi connectivity index (χ3v) is 5.63. The molecule has 0 amide bonds. The van der Waals surface area contributed by atoms with E-state index in [0.717, 1.165) is 56.7 Å². The first-order valence-corrected chi connectivity index (χ1v) is 10.3. The van der Waals surface area contributed by atoms with Crippen molar-refractivity contribution in [3.8, 4) is 6.07 Å². The number of H-pyrrole nitrogens is 1. The van der Waals surface area contributed by atoms with Gasteiger partial charge in [-0.2, -0.15) is 5.26 Å². The molecule has 1 fully saturated rings. The van der Waals surface area contributed by atoms with Crippen LogP contribution in [0, 0.1) is 17.1 Å². The first-order valence-electron chi connectivity index (χ1n) is 10.3. The number of nitrogens with one attached hydrogen (secondary N) is 2. The normalized spacial score (nSPS) is 15.2. The smallest absolute Gasteiger partial charge is 0.258 e. The number of pyridine rings is 2. The van der Waals surface area contributed by atoms with Gasteiger partial charge in [0.1, 0.15) is 17.6 Å². The van der Waals surface area contributed by atoms with Gasteiger partial charge < -0.3 is 15.2 Å². The van der Waals surface area contributed by atoms with Gasteiger partial charge in [-0.25, -0.2) is 9.37 Å². The summed E-state index contributed by atoms with van der Waals surface area (Å²) in [6.07, 6.45) is 5.50. The standard InChI is InChI=1S/C23H24FN5O/c24-21-5-1-3-16-13-18(28-23(30)22(16)21)4-2-10-29-11-8-17(9-12-29)27-20-7-6-19(14-25)26-15-20/h1,3,5-7,13,15,17,27H,2,4,8-12H2,(H,28,30). The van der Waals surface area contributed by atoms with Crippen LogP contribution in [0.4, 0.5) is 10.1 Å². The number of likely N-dealkylation sites (tertiary alicyclic amines) is 1. The quantitative estimate of drug-likeness (QED) is 0.656. The summed E-state index contributed by atoms with van der Waals surface area (Å²) in [6.45, 7) is 3.00. The summed E-state index contributed by atoms with van der Waals surface area (Å²) in [7, 11) is 0. The van der Waals surface area contributed by atoms with Gasteiger partial charge in [0.25, 0.3) is 5.56 Å². The highest BCUT2D eigenvalue weighted by Gasteiger charge is 2.19.